The Labute approximate surface area is 113 Å². The van der Waals surface area contributed by atoms with Gasteiger partial charge in [0.05, 0.1) is 23.4 Å². The molecule has 2 aromatic rings. The standard InChI is InChI=1S/C12H13FN2O3S/c1-18-5-4-15-10-3-2-8(13)6-9(10)14-12(15)19-7-11(16)17/h2-3,6H,4-5,7H2,1H3,(H,16,17). The topological polar surface area (TPSA) is 64.3 Å². The Balaban J connectivity index is 2.38. The molecule has 0 radical (unpaired) electrons. The van der Waals surface area contributed by atoms with Crippen molar-refractivity contribution in [2.45, 2.75) is 11.7 Å². The van der Waals surface area contributed by atoms with Crippen LogP contribution in [0.5, 0.6) is 0 Å². The Hall–Kier alpha value is -1.60. The lowest BCUT2D eigenvalue weighted by Gasteiger charge is -2.07. The number of ether oxygens (including phenoxy) is 1. The van der Waals surface area contributed by atoms with E-state index < -0.39 is 5.97 Å². The summed E-state index contributed by atoms with van der Waals surface area (Å²) in [5.74, 6) is -1.36. The molecule has 0 amide bonds. The van der Waals surface area contributed by atoms with Gasteiger partial charge in [-0.2, -0.15) is 0 Å². The van der Waals surface area contributed by atoms with Crippen LogP contribution in [0.2, 0.25) is 0 Å². The van der Waals surface area contributed by atoms with E-state index in [-0.39, 0.29) is 11.6 Å². The van der Waals surface area contributed by atoms with Crippen molar-refractivity contribution in [3.63, 3.8) is 0 Å². The lowest BCUT2D eigenvalue weighted by Crippen LogP contribution is -2.07. The first-order chi connectivity index (χ1) is 9.11. The average Bonchev–Trinajstić information content (AvgIpc) is 2.70. The van der Waals surface area contributed by atoms with E-state index in [1.165, 1.54) is 12.1 Å². The zero-order valence-corrected chi connectivity index (χ0v) is 11.1. The van der Waals surface area contributed by atoms with Gasteiger partial charge < -0.3 is 14.4 Å². The molecule has 1 aromatic heterocycles. The predicted molar refractivity (Wildman–Crippen MR) is 69.9 cm³/mol. The molecule has 1 aromatic carbocycles. The Morgan fingerprint density at radius 3 is 3.05 bits per heavy atom. The maximum atomic E-state index is 13.2. The summed E-state index contributed by atoms with van der Waals surface area (Å²) < 4.78 is 20.0. The maximum absolute atomic E-state index is 13.2. The van der Waals surface area contributed by atoms with Gasteiger partial charge in [-0.15, -0.1) is 0 Å². The van der Waals surface area contributed by atoms with Crippen molar-refractivity contribution in [3.05, 3.63) is 24.0 Å². The van der Waals surface area contributed by atoms with Gasteiger partial charge in [0.15, 0.2) is 5.16 Å². The number of aromatic nitrogens is 2. The molecule has 0 unspecified atom stereocenters. The predicted octanol–water partition coefficient (Wildman–Crippen LogP) is 2.00. The third-order valence-corrected chi connectivity index (χ3v) is 3.48. The lowest BCUT2D eigenvalue weighted by molar-refractivity contribution is -0.133. The highest BCUT2D eigenvalue weighted by atomic mass is 32.2. The monoisotopic (exact) mass is 284 g/mol. The molecule has 0 aliphatic heterocycles. The molecule has 0 aliphatic carbocycles. The van der Waals surface area contributed by atoms with Crippen LogP contribution in [0.4, 0.5) is 4.39 Å². The number of aliphatic carboxylic acids is 1. The van der Waals surface area contributed by atoms with Crippen LogP contribution in [-0.4, -0.2) is 40.1 Å². The highest BCUT2D eigenvalue weighted by Crippen LogP contribution is 2.24. The van der Waals surface area contributed by atoms with Crippen LogP contribution in [0.3, 0.4) is 0 Å². The van der Waals surface area contributed by atoms with E-state index in [0.29, 0.717) is 23.8 Å². The van der Waals surface area contributed by atoms with Crippen molar-refractivity contribution in [2.24, 2.45) is 0 Å². The van der Waals surface area contributed by atoms with Crippen molar-refractivity contribution in [1.82, 2.24) is 9.55 Å². The van der Waals surface area contributed by atoms with Crippen LogP contribution >= 0.6 is 11.8 Å². The molecule has 0 spiro atoms. The van der Waals surface area contributed by atoms with Gasteiger partial charge in [0.2, 0.25) is 0 Å². The van der Waals surface area contributed by atoms with Crippen molar-refractivity contribution in [1.29, 1.82) is 0 Å². The Morgan fingerprint density at radius 1 is 1.58 bits per heavy atom. The normalized spacial score (nSPS) is 11.1. The number of carboxylic acids is 1. The third kappa shape index (κ3) is 3.24. The number of carbonyl (C=O) groups is 1. The molecule has 1 N–H and O–H groups in total. The summed E-state index contributed by atoms with van der Waals surface area (Å²) in [6.07, 6.45) is 0. The van der Waals surface area contributed by atoms with Crippen LogP contribution in [0, 0.1) is 5.82 Å². The number of nitrogens with zero attached hydrogens (tertiary/aromatic N) is 2. The summed E-state index contributed by atoms with van der Waals surface area (Å²) in [5, 5.41) is 9.27. The molecule has 0 aliphatic rings. The summed E-state index contributed by atoms with van der Waals surface area (Å²) in [6.45, 7) is 1.02. The number of fused-ring (bicyclic) bond motifs is 1. The van der Waals surface area contributed by atoms with Crippen molar-refractivity contribution in [3.8, 4) is 0 Å². The van der Waals surface area contributed by atoms with Crippen LogP contribution in [0.25, 0.3) is 11.0 Å². The first-order valence-electron chi connectivity index (χ1n) is 5.61. The second kappa shape index (κ2) is 6.03. The summed E-state index contributed by atoms with van der Waals surface area (Å²) in [4.78, 5) is 14.9. The summed E-state index contributed by atoms with van der Waals surface area (Å²) in [5.41, 5.74) is 1.29. The van der Waals surface area contributed by atoms with Gasteiger partial charge in [0.1, 0.15) is 5.82 Å². The van der Waals surface area contributed by atoms with E-state index >= 15 is 0 Å². The van der Waals surface area contributed by atoms with E-state index in [1.54, 1.807) is 13.2 Å². The quantitative estimate of drug-likeness (QED) is 0.822. The number of hydrogen-bond donors (Lipinski definition) is 1. The smallest absolute Gasteiger partial charge is 0.313 e. The minimum absolute atomic E-state index is 0.0845. The SMILES string of the molecule is COCCn1c(SCC(=O)O)nc2cc(F)ccc21. The largest absolute Gasteiger partial charge is 0.481 e. The molecular weight excluding hydrogens is 271 g/mol. The molecule has 0 fully saturated rings. The number of halogens is 1. The van der Waals surface area contributed by atoms with E-state index in [0.717, 1.165) is 17.3 Å². The number of hydrogen-bond acceptors (Lipinski definition) is 4. The lowest BCUT2D eigenvalue weighted by atomic mass is 10.3. The Kier molecular flexibility index (Phi) is 4.39. The second-order valence-electron chi connectivity index (χ2n) is 3.85. The minimum Gasteiger partial charge on any atom is -0.481 e. The number of thioether (sulfide) groups is 1. The van der Waals surface area contributed by atoms with Crippen LogP contribution in [0.15, 0.2) is 23.4 Å². The highest BCUT2D eigenvalue weighted by Gasteiger charge is 2.13. The van der Waals surface area contributed by atoms with Gasteiger partial charge in [-0.25, -0.2) is 9.37 Å². The fraction of sp³-hybridized carbons (Fsp3) is 0.333. The van der Waals surface area contributed by atoms with Crippen molar-refractivity contribution in [2.75, 3.05) is 19.5 Å². The molecular formula is C12H13FN2O3S. The zero-order chi connectivity index (χ0) is 13.8. The fourth-order valence-electron chi connectivity index (χ4n) is 1.72. The molecule has 5 nitrogen and oxygen atoms in total. The Bertz CT molecular complexity index is 600. The molecule has 0 saturated heterocycles. The average molecular weight is 284 g/mol. The number of benzene rings is 1. The van der Waals surface area contributed by atoms with Crippen LogP contribution < -0.4 is 0 Å². The molecule has 2 rings (SSSR count). The first kappa shape index (κ1) is 13.8. The van der Waals surface area contributed by atoms with Gasteiger partial charge in [-0.3, -0.25) is 4.79 Å². The van der Waals surface area contributed by atoms with Crippen molar-refractivity contribution < 1.29 is 19.0 Å². The number of rotatable bonds is 6. The van der Waals surface area contributed by atoms with Crippen LogP contribution in [0.1, 0.15) is 0 Å². The van der Waals surface area contributed by atoms with Crippen LogP contribution in [-0.2, 0) is 16.1 Å². The molecule has 0 saturated carbocycles. The van der Waals surface area contributed by atoms with E-state index in [4.69, 9.17) is 9.84 Å². The molecule has 0 bridgehead atoms. The molecule has 1 heterocycles. The summed E-state index contributed by atoms with van der Waals surface area (Å²) >= 11 is 1.11. The summed E-state index contributed by atoms with van der Waals surface area (Å²) in [7, 11) is 1.59. The minimum atomic E-state index is -0.915. The van der Waals surface area contributed by atoms with Crippen molar-refractivity contribution >= 4 is 28.8 Å². The number of imidazole rings is 1. The van der Waals surface area contributed by atoms with Gasteiger partial charge in [0.25, 0.3) is 0 Å². The highest BCUT2D eigenvalue weighted by molar-refractivity contribution is 7.99. The molecule has 19 heavy (non-hydrogen) atoms. The molecule has 7 heteroatoms. The Morgan fingerprint density at radius 2 is 2.37 bits per heavy atom. The molecule has 0 atom stereocenters. The first-order valence-corrected chi connectivity index (χ1v) is 6.59. The maximum Gasteiger partial charge on any atom is 0.313 e. The van der Waals surface area contributed by atoms with E-state index in [2.05, 4.69) is 4.98 Å². The van der Waals surface area contributed by atoms with Gasteiger partial charge in [-0.1, -0.05) is 11.8 Å². The second-order valence-corrected chi connectivity index (χ2v) is 4.80. The third-order valence-electron chi connectivity index (χ3n) is 2.52. The van der Waals surface area contributed by atoms with E-state index in [9.17, 15) is 9.18 Å². The summed E-state index contributed by atoms with van der Waals surface area (Å²) in [6, 6.07) is 4.33. The number of carboxylic acid groups (broad SMARTS) is 1. The zero-order valence-electron chi connectivity index (χ0n) is 10.3. The number of methoxy groups -OCH3 is 1. The fourth-order valence-corrected chi connectivity index (χ4v) is 2.48. The van der Waals surface area contributed by atoms with E-state index in [1.807, 2.05) is 4.57 Å². The van der Waals surface area contributed by atoms with Gasteiger partial charge >= 0.3 is 5.97 Å². The molecule has 102 valence electrons. The van der Waals surface area contributed by atoms with Gasteiger partial charge in [-0.05, 0) is 12.1 Å². The van der Waals surface area contributed by atoms with Gasteiger partial charge in [0, 0.05) is 19.7 Å².